The van der Waals surface area contributed by atoms with Gasteiger partial charge in [-0.25, -0.2) is 4.98 Å². The maximum atomic E-state index is 5.67. The highest BCUT2D eigenvalue weighted by Crippen LogP contribution is 2.24. The highest BCUT2D eigenvalue weighted by Gasteiger charge is 2.20. The van der Waals surface area contributed by atoms with Crippen LogP contribution in [0.15, 0.2) is 34.9 Å². The van der Waals surface area contributed by atoms with Gasteiger partial charge in [0.15, 0.2) is 0 Å². The second-order valence-corrected chi connectivity index (χ2v) is 7.18. The number of ether oxygens (including phenoxy) is 1. The van der Waals surface area contributed by atoms with E-state index in [0.29, 0.717) is 5.89 Å². The monoisotopic (exact) mass is 343 g/mol. The Balaban J connectivity index is 1.50. The van der Waals surface area contributed by atoms with E-state index in [4.69, 9.17) is 9.15 Å². The number of hydrogen-bond acceptors (Lipinski definition) is 5. The molecule has 136 valence electrons. The summed E-state index contributed by atoms with van der Waals surface area (Å²) in [5.74, 6) is 2.39. The third kappa shape index (κ3) is 5.06. The molecule has 1 aromatic heterocycles. The van der Waals surface area contributed by atoms with Crippen molar-refractivity contribution in [1.29, 1.82) is 0 Å². The molecule has 0 bridgehead atoms. The molecule has 1 saturated heterocycles. The zero-order valence-electron chi connectivity index (χ0n) is 15.6. The quantitative estimate of drug-likeness (QED) is 0.769. The highest BCUT2D eigenvalue weighted by molar-refractivity contribution is 5.54. The van der Waals surface area contributed by atoms with Crippen LogP contribution in [-0.4, -0.2) is 55.6 Å². The Hall–Kier alpha value is -1.85. The molecule has 5 nitrogen and oxygen atoms in total. The molecule has 0 unspecified atom stereocenters. The summed E-state index contributed by atoms with van der Waals surface area (Å²) < 4.78 is 10.9. The molecule has 0 saturated carbocycles. The van der Waals surface area contributed by atoms with Gasteiger partial charge < -0.3 is 14.1 Å². The van der Waals surface area contributed by atoms with Crippen LogP contribution in [0.25, 0.3) is 11.5 Å². The molecule has 1 fully saturated rings. The zero-order valence-corrected chi connectivity index (χ0v) is 15.6. The van der Waals surface area contributed by atoms with Crippen molar-refractivity contribution in [2.75, 3.05) is 40.8 Å². The van der Waals surface area contributed by atoms with Crippen LogP contribution >= 0.6 is 0 Å². The molecular formula is C20H29N3O2. The Morgan fingerprint density at radius 3 is 2.56 bits per heavy atom. The average Bonchev–Trinajstić information content (AvgIpc) is 3.09. The van der Waals surface area contributed by atoms with Crippen molar-refractivity contribution in [1.82, 2.24) is 14.8 Å². The van der Waals surface area contributed by atoms with E-state index in [-0.39, 0.29) is 0 Å². The maximum Gasteiger partial charge on any atom is 0.226 e. The number of hydrogen-bond donors (Lipinski definition) is 0. The van der Waals surface area contributed by atoms with Gasteiger partial charge in [0.1, 0.15) is 12.0 Å². The van der Waals surface area contributed by atoms with E-state index in [9.17, 15) is 0 Å². The molecule has 2 aromatic rings. The smallest absolute Gasteiger partial charge is 0.226 e. The highest BCUT2D eigenvalue weighted by atomic mass is 16.5. The third-order valence-corrected chi connectivity index (χ3v) is 4.97. The van der Waals surface area contributed by atoms with Gasteiger partial charge in [0.2, 0.25) is 5.89 Å². The number of rotatable bonds is 7. The van der Waals surface area contributed by atoms with Gasteiger partial charge in [-0.05, 0) is 83.2 Å². The van der Waals surface area contributed by atoms with E-state index in [0.717, 1.165) is 42.6 Å². The molecule has 5 heteroatoms. The lowest BCUT2D eigenvalue weighted by molar-refractivity contribution is 0.164. The first-order chi connectivity index (χ1) is 12.1. The Morgan fingerprint density at radius 1 is 1.20 bits per heavy atom. The molecule has 0 radical (unpaired) electrons. The minimum Gasteiger partial charge on any atom is -0.497 e. The van der Waals surface area contributed by atoms with Crippen LogP contribution in [0, 0.1) is 5.92 Å². The Morgan fingerprint density at radius 2 is 1.92 bits per heavy atom. The zero-order chi connectivity index (χ0) is 17.6. The number of oxazole rings is 1. The van der Waals surface area contributed by atoms with E-state index < -0.39 is 0 Å². The molecule has 2 heterocycles. The maximum absolute atomic E-state index is 5.67. The summed E-state index contributed by atoms with van der Waals surface area (Å²) in [7, 11) is 5.97. The lowest BCUT2D eigenvalue weighted by Crippen LogP contribution is -2.34. The molecule has 0 N–H and O–H groups in total. The van der Waals surface area contributed by atoms with Crippen molar-refractivity contribution >= 4 is 0 Å². The van der Waals surface area contributed by atoms with Gasteiger partial charge in [-0.3, -0.25) is 4.90 Å². The molecule has 3 rings (SSSR count). The predicted molar refractivity (Wildman–Crippen MR) is 99.7 cm³/mol. The summed E-state index contributed by atoms with van der Waals surface area (Å²) in [6.45, 7) is 4.38. The summed E-state index contributed by atoms with van der Waals surface area (Å²) in [4.78, 5) is 9.42. The summed E-state index contributed by atoms with van der Waals surface area (Å²) >= 11 is 0. The van der Waals surface area contributed by atoms with Crippen molar-refractivity contribution in [2.45, 2.75) is 25.8 Å². The van der Waals surface area contributed by atoms with Crippen LogP contribution in [-0.2, 0) is 6.54 Å². The van der Waals surface area contributed by atoms with Gasteiger partial charge in [0.05, 0.1) is 12.8 Å². The predicted octanol–water partition coefficient (Wildman–Crippen LogP) is 3.51. The van der Waals surface area contributed by atoms with Crippen molar-refractivity contribution in [3.63, 3.8) is 0 Å². The first-order valence-electron chi connectivity index (χ1n) is 9.10. The lowest BCUT2D eigenvalue weighted by atomic mass is 9.93. The number of likely N-dealkylation sites (tertiary alicyclic amines) is 1. The summed E-state index contributed by atoms with van der Waals surface area (Å²) in [6.07, 6.45) is 5.68. The second kappa shape index (κ2) is 8.50. The first-order valence-corrected chi connectivity index (χ1v) is 9.10. The van der Waals surface area contributed by atoms with Gasteiger partial charge in [-0.15, -0.1) is 0 Å². The van der Waals surface area contributed by atoms with E-state index in [1.807, 2.05) is 24.3 Å². The van der Waals surface area contributed by atoms with Gasteiger partial charge in [-0.2, -0.15) is 0 Å². The fourth-order valence-corrected chi connectivity index (χ4v) is 3.35. The van der Waals surface area contributed by atoms with Crippen LogP contribution in [0.2, 0.25) is 0 Å². The van der Waals surface area contributed by atoms with E-state index in [2.05, 4.69) is 28.9 Å². The Bertz CT molecular complexity index is 643. The Labute approximate surface area is 150 Å². The number of benzene rings is 1. The molecule has 0 amide bonds. The third-order valence-electron chi connectivity index (χ3n) is 4.97. The molecule has 0 spiro atoms. The summed E-state index contributed by atoms with van der Waals surface area (Å²) in [6, 6.07) is 7.81. The van der Waals surface area contributed by atoms with E-state index >= 15 is 0 Å². The number of piperidine rings is 1. The molecule has 1 aliphatic heterocycles. The van der Waals surface area contributed by atoms with E-state index in [1.165, 1.54) is 25.8 Å². The van der Waals surface area contributed by atoms with Crippen molar-refractivity contribution in [3.8, 4) is 17.2 Å². The largest absolute Gasteiger partial charge is 0.497 e. The minimum atomic E-state index is 0.679. The standard InChI is InChI=1S/C20H29N3O2/c1-22(2)11-8-16-9-12-23(13-10-16)14-18-15-25-20(21-18)17-4-6-19(24-3)7-5-17/h4-7,15-16H,8-14H2,1-3H3. The average molecular weight is 343 g/mol. The molecule has 25 heavy (non-hydrogen) atoms. The van der Waals surface area contributed by atoms with Crippen LogP contribution in [0.4, 0.5) is 0 Å². The SMILES string of the molecule is COc1ccc(-c2nc(CN3CCC(CCN(C)C)CC3)co2)cc1. The Kier molecular flexibility index (Phi) is 6.10. The molecule has 0 aliphatic carbocycles. The van der Waals surface area contributed by atoms with Gasteiger partial charge in [0.25, 0.3) is 0 Å². The van der Waals surface area contributed by atoms with Crippen LogP contribution < -0.4 is 4.74 Å². The number of nitrogens with zero attached hydrogens (tertiary/aromatic N) is 3. The molecule has 0 atom stereocenters. The second-order valence-electron chi connectivity index (χ2n) is 7.18. The fraction of sp³-hybridized carbons (Fsp3) is 0.550. The molecular weight excluding hydrogens is 314 g/mol. The van der Waals surface area contributed by atoms with Gasteiger partial charge in [-0.1, -0.05) is 0 Å². The molecule has 1 aliphatic rings. The lowest BCUT2D eigenvalue weighted by Gasteiger charge is -2.31. The van der Waals surface area contributed by atoms with E-state index in [1.54, 1.807) is 13.4 Å². The number of aromatic nitrogens is 1. The topological polar surface area (TPSA) is 41.7 Å². The van der Waals surface area contributed by atoms with Crippen LogP contribution in [0.5, 0.6) is 5.75 Å². The first kappa shape index (κ1) is 18.0. The summed E-state index contributed by atoms with van der Waals surface area (Å²) in [5.41, 5.74) is 1.99. The molecule has 1 aromatic carbocycles. The fourth-order valence-electron chi connectivity index (χ4n) is 3.35. The van der Waals surface area contributed by atoms with Gasteiger partial charge >= 0.3 is 0 Å². The van der Waals surface area contributed by atoms with Crippen molar-refractivity contribution in [3.05, 3.63) is 36.2 Å². The van der Waals surface area contributed by atoms with Crippen molar-refractivity contribution in [2.24, 2.45) is 5.92 Å². The van der Waals surface area contributed by atoms with Gasteiger partial charge in [0, 0.05) is 12.1 Å². The number of methoxy groups -OCH3 is 1. The minimum absolute atomic E-state index is 0.679. The normalized spacial score (nSPS) is 16.5. The van der Waals surface area contributed by atoms with Crippen LogP contribution in [0.1, 0.15) is 25.0 Å². The van der Waals surface area contributed by atoms with Crippen LogP contribution in [0.3, 0.4) is 0 Å². The summed E-state index contributed by atoms with van der Waals surface area (Å²) in [5, 5.41) is 0. The van der Waals surface area contributed by atoms with Crippen molar-refractivity contribution < 1.29 is 9.15 Å².